The number of aliphatic hydroxyl groups excluding tert-OH is 1. The number of para-hydroxylation sites is 1. The summed E-state index contributed by atoms with van der Waals surface area (Å²) in [6, 6.07) is 6.70. The highest BCUT2D eigenvalue weighted by atomic mass is 16.3. The summed E-state index contributed by atoms with van der Waals surface area (Å²) in [5.41, 5.74) is 9.27. The van der Waals surface area contributed by atoms with E-state index < -0.39 is 0 Å². The van der Waals surface area contributed by atoms with Gasteiger partial charge in [0.15, 0.2) is 0 Å². The Hall–Kier alpha value is -1.22. The van der Waals surface area contributed by atoms with Crippen LogP contribution >= 0.6 is 0 Å². The van der Waals surface area contributed by atoms with Crippen LogP contribution in [0, 0.1) is 6.92 Å². The highest BCUT2D eigenvalue weighted by Gasteiger charge is 2.22. The van der Waals surface area contributed by atoms with Gasteiger partial charge in [0.05, 0.1) is 18.0 Å². The van der Waals surface area contributed by atoms with Crippen molar-refractivity contribution in [2.45, 2.75) is 45.1 Å². The molecular weight excluding hydrogens is 224 g/mol. The molecule has 3 nitrogen and oxygen atoms in total. The lowest BCUT2D eigenvalue weighted by Gasteiger charge is -2.36. The van der Waals surface area contributed by atoms with Crippen LogP contribution < -0.4 is 10.6 Å². The van der Waals surface area contributed by atoms with Crippen molar-refractivity contribution in [3.63, 3.8) is 0 Å². The Balaban J connectivity index is 2.25. The molecule has 1 fully saturated rings. The van der Waals surface area contributed by atoms with Crippen LogP contribution in [0.3, 0.4) is 0 Å². The molecule has 1 aromatic rings. The Kier molecular flexibility index (Phi) is 4.48. The van der Waals surface area contributed by atoms with Gasteiger partial charge in [-0.25, -0.2) is 0 Å². The summed E-state index contributed by atoms with van der Waals surface area (Å²) in [6.07, 6.45) is 6.35. The van der Waals surface area contributed by atoms with E-state index in [1.54, 1.807) is 0 Å². The van der Waals surface area contributed by atoms with Crippen molar-refractivity contribution in [1.29, 1.82) is 0 Å². The smallest absolute Gasteiger partial charge is 0.0606 e. The van der Waals surface area contributed by atoms with Crippen LogP contribution in [0.1, 0.15) is 37.7 Å². The van der Waals surface area contributed by atoms with E-state index in [9.17, 15) is 5.11 Å². The topological polar surface area (TPSA) is 49.5 Å². The van der Waals surface area contributed by atoms with Gasteiger partial charge in [0.2, 0.25) is 0 Å². The van der Waals surface area contributed by atoms with Crippen molar-refractivity contribution in [2.24, 2.45) is 0 Å². The van der Waals surface area contributed by atoms with Crippen molar-refractivity contribution in [2.75, 3.05) is 23.8 Å². The first kappa shape index (κ1) is 13.2. The van der Waals surface area contributed by atoms with Crippen LogP contribution in [-0.4, -0.2) is 24.3 Å². The number of aliphatic hydroxyl groups is 1. The molecule has 1 aliphatic carbocycles. The summed E-state index contributed by atoms with van der Waals surface area (Å²) in [4.78, 5) is 2.31. The lowest BCUT2D eigenvalue weighted by Crippen LogP contribution is -2.39. The number of anilines is 2. The van der Waals surface area contributed by atoms with Gasteiger partial charge in [-0.05, 0) is 31.4 Å². The average Bonchev–Trinajstić information content (AvgIpc) is 2.41. The maximum atomic E-state index is 9.31. The minimum absolute atomic E-state index is 0.184. The molecule has 1 saturated carbocycles. The first-order valence-corrected chi connectivity index (χ1v) is 6.96. The highest BCUT2D eigenvalue weighted by molar-refractivity contribution is 5.71. The zero-order valence-corrected chi connectivity index (χ0v) is 11.2. The molecule has 0 spiro atoms. The molecule has 3 heteroatoms. The van der Waals surface area contributed by atoms with E-state index in [0.717, 1.165) is 16.9 Å². The third-order valence-corrected chi connectivity index (χ3v) is 3.97. The van der Waals surface area contributed by atoms with Crippen LogP contribution in [0.15, 0.2) is 18.2 Å². The normalized spacial score (nSPS) is 16.8. The van der Waals surface area contributed by atoms with Crippen molar-refractivity contribution < 1.29 is 5.11 Å². The standard InChI is InChI=1S/C15H24N2O/c1-12-6-5-9-14(15(12)16)17(10-11-18)13-7-3-2-4-8-13/h5-6,9,13,18H,2-4,7-8,10-11,16H2,1H3. The van der Waals surface area contributed by atoms with E-state index in [1.165, 1.54) is 32.1 Å². The van der Waals surface area contributed by atoms with Crippen LogP contribution in [0.4, 0.5) is 11.4 Å². The summed E-state index contributed by atoms with van der Waals surface area (Å²) in [5.74, 6) is 0. The fraction of sp³-hybridized carbons (Fsp3) is 0.600. The van der Waals surface area contributed by atoms with Gasteiger partial charge in [-0.15, -0.1) is 0 Å². The van der Waals surface area contributed by atoms with Gasteiger partial charge >= 0.3 is 0 Å². The number of hydrogen-bond donors (Lipinski definition) is 2. The predicted octanol–water partition coefficient (Wildman–Crippen LogP) is 2.71. The van der Waals surface area contributed by atoms with Gasteiger partial charge in [0.1, 0.15) is 0 Å². The molecule has 0 aliphatic heterocycles. The number of nitrogen functional groups attached to an aromatic ring is 1. The van der Waals surface area contributed by atoms with Crippen LogP contribution in [-0.2, 0) is 0 Å². The largest absolute Gasteiger partial charge is 0.397 e. The molecule has 0 bridgehead atoms. The van der Waals surface area contributed by atoms with E-state index >= 15 is 0 Å². The van der Waals surface area contributed by atoms with Crippen molar-refractivity contribution in [3.05, 3.63) is 23.8 Å². The molecule has 0 radical (unpaired) electrons. The molecule has 0 atom stereocenters. The van der Waals surface area contributed by atoms with E-state index in [0.29, 0.717) is 12.6 Å². The van der Waals surface area contributed by atoms with Gasteiger partial charge in [-0.3, -0.25) is 0 Å². The summed E-state index contributed by atoms with van der Waals surface area (Å²) >= 11 is 0. The molecule has 0 heterocycles. The molecule has 100 valence electrons. The Morgan fingerprint density at radius 2 is 2.00 bits per heavy atom. The zero-order valence-electron chi connectivity index (χ0n) is 11.2. The Bertz CT molecular complexity index is 386. The number of aryl methyl sites for hydroxylation is 1. The van der Waals surface area contributed by atoms with E-state index in [2.05, 4.69) is 11.0 Å². The second-order valence-corrected chi connectivity index (χ2v) is 5.22. The van der Waals surface area contributed by atoms with Crippen molar-refractivity contribution in [3.8, 4) is 0 Å². The summed E-state index contributed by atoms with van der Waals surface area (Å²) in [5, 5.41) is 9.31. The summed E-state index contributed by atoms with van der Waals surface area (Å²) in [7, 11) is 0. The lowest BCUT2D eigenvalue weighted by atomic mass is 9.93. The Morgan fingerprint density at radius 1 is 1.28 bits per heavy atom. The molecule has 0 aromatic heterocycles. The minimum Gasteiger partial charge on any atom is -0.397 e. The first-order chi connectivity index (χ1) is 8.74. The molecule has 1 aliphatic rings. The number of hydrogen-bond acceptors (Lipinski definition) is 3. The number of nitrogens with two attached hydrogens (primary N) is 1. The maximum Gasteiger partial charge on any atom is 0.0606 e. The summed E-state index contributed by atoms with van der Waals surface area (Å²) < 4.78 is 0. The average molecular weight is 248 g/mol. The molecule has 1 aromatic carbocycles. The van der Waals surface area contributed by atoms with E-state index in [-0.39, 0.29) is 6.61 Å². The third-order valence-electron chi connectivity index (χ3n) is 3.97. The lowest BCUT2D eigenvalue weighted by molar-refractivity contribution is 0.290. The zero-order chi connectivity index (χ0) is 13.0. The van der Waals surface area contributed by atoms with Crippen LogP contribution in [0.2, 0.25) is 0 Å². The number of benzene rings is 1. The molecule has 0 saturated heterocycles. The van der Waals surface area contributed by atoms with Gasteiger partial charge in [-0.1, -0.05) is 31.4 Å². The number of nitrogens with zero attached hydrogens (tertiary/aromatic N) is 1. The molecular formula is C15H24N2O. The quantitative estimate of drug-likeness (QED) is 0.805. The highest BCUT2D eigenvalue weighted by Crippen LogP contribution is 2.32. The van der Waals surface area contributed by atoms with Crippen molar-refractivity contribution in [1.82, 2.24) is 0 Å². The Labute approximate surface area is 110 Å². The molecule has 0 amide bonds. The van der Waals surface area contributed by atoms with Crippen LogP contribution in [0.5, 0.6) is 0 Å². The van der Waals surface area contributed by atoms with Gasteiger partial charge < -0.3 is 15.7 Å². The molecule has 0 unspecified atom stereocenters. The molecule has 18 heavy (non-hydrogen) atoms. The van der Waals surface area contributed by atoms with Crippen LogP contribution in [0.25, 0.3) is 0 Å². The maximum absolute atomic E-state index is 9.31. The van der Waals surface area contributed by atoms with Gasteiger partial charge in [0, 0.05) is 12.6 Å². The van der Waals surface area contributed by atoms with Crippen molar-refractivity contribution >= 4 is 11.4 Å². The third kappa shape index (κ3) is 2.78. The minimum atomic E-state index is 0.184. The van der Waals surface area contributed by atoms with E-state index in [4.69, 9.17) is 5.73 Å². The fourth-order valence-electron chi connectivity index (χ4n) is 2.92. The Morgan fingerprint density at radius 3 is 2.67 bits per heavy atom. The molecule has 2 rings (SSSR count). The number of rotatable bonds is 4. The predicted molar refractivity (Wildman–Crippen MR) is 76.9 cm³/mol. The second kappa shape index (κ2) is 6.10. The van der Waals surface area contributed by atoms with Gasteiger partial charge in [0.25, 0.3) is 0 Å². The molecule has 3 N–H and O–H groups in total. The summed E-state index contributed by atoms with van der Waals surface area (Å²) in [6.45, 7) is 2.90. The second-order valence-electron chi connectivity index (χ2n) is 5.22. The first-order valence-electron chi connectivity index (χ1n) is 6.96. The monoisotopic (exact) mass is 248 g/mol. The van der Waals surface area contributed by atoms with Gasteiger partial charge in [-0.2, -0.15) is 0 Å². The SMILES string of the molecule is Cc1cccc(N(CCO)C2CCCCC2)c1N. The van der Waals surface area contributed by atoms with E-state index in [1.807, 2.05) is 19.1 Å². The fourth-order valence-corrected chi connectivity index (χ4v) is 2.92.